The molecule has 26 heavy (non-hydrogen) atoms. The summed E-state index contributed by atoms with van der Waals surface area (Å²) in [6, 6.07) is 13.8. The Balaban J connectivity index is 2.30. The van der Waals surface area contributed by atoms with Crippen molar-refractivity contribution in [3.63, 3.8) is 0 Å². The molecule has 0 bridgehead atoms. The summed E-state index contributed by atoms with van der Waals surface area (Å²) in [6.07, 6.45) is 3.47. The van der Waals surface area contributed by atoms with E-state index in [0.717, 1.165) is 52.3 Å². The number of nitrogens with zero attached hydrogens (tertiary/aromatic N) is 2. The first-order chi connectivity index (χ1) is 12.7. The molecule has 0 radical (unpaired) electrons. The van der Waals surface area contributed by atoms with Crippen molar-refractivity contribution < 1.29 is 5.11 Å². The number of fused-ring (bicyclic) bond motifs is 1. The smallest absolute Gasteiger partial charge is 0.132 e. The summed E-state index contributed by atoms with van der Waals surface area (Å²) in [4.78, 5) is 4.57. The second-order valence-corrected chi connectivity index (χ2v) is 8.52. The van der Waals surface area contributed by atoms with Crippen LogP contribution in [0.3, 0.4) is 0 Å². The zero-order valence-electron chi connectivity index (χ0n) is 15.4. The van der Waals surface area contributed by atoms with E-state index in [1.54, 1.807) is 23.5 Å². The van der Waals surface area contributed by atoms with E-state index in [9.17, 15) is 10.4 Å². The zero-order valence-corrected chi connectivity index (χ0v) is 17.1. The third-order valence-corrected chi connectivity index (χ3v) is 6.63. The average molecular weight is 387 g/mol. The summed E-state index contributed by atoms with van der Waals surface area (Å²) in [6.45, 7) is 4.32. The molecule has 2 aromatic rings. The summed E-state index contributed by atoms with van der Waals surface area (Å²) in [5.41, 5.74) is 1.79. The summed E-state index contributed by atoms with van der Waals surface area (Å²) in [5, 5.41) is 21.6. The number of aliphatic hydroxyl groups is 1. The number of unbranched alkanes of at least 4 members (excludes halogenated alkanes) is 2. The summed E-state index contributed by atoms with van der Waals surface area (Å²) < 4.78 is 0.942. The maximum absolute atomic E-state index is 10.9. The van der Waals surface area contributed by atoms with Crippen molar-refractivity contribution in [1.82, 2.24) is 4.98 Å². The molecule has 138 valence electrons. The minimum absolute atomic E-state index is 0.426. The fraction of sp³-hybridized carbons (Fsp3) is 0.429. The predicted octanol–water partition coefficient (Wildman–Crippen LogP) is 6.07. The Labute approximate surface area is 164 Å². The van der Waals surface area contributed by atoms with Gasteiger partial charge in [-0.1, -0.05) is 51.0 Å². The monoisotopic (exact) mass is 386 g/mol. The van der Waals surface area contributed by atoms with Gasteiger partial charge in [0.15, 0.2) is 0 Å². The fourth-order valence-electron chi connectivity index (χ4n) is 2.42. The van der Waals surface area contributed by atoms with Crippen molar-refractivity contribution in [2.75, 3.05) is 11.5 Å². The molecule has 1 atom stereocenters. The lowest BCUT2D eigenvalue weighted by Gasteiger charge is -2.15. The van der Waals surface area contributed by atoms with Crippen LogP contribution in [-0.2, 0) is 0 Å². The first kappa shape index (κ1) is 20.8. The predicted molar refractivity (Wildman–Crippen MR) is 114 cm³/mol. The first-order valence-electron chi connectivity index (χ1n) is 9.14. The van der Waals surface area contributed by atoms with Gasteiger partial charge < -0.3 is 5.11 Å². The van der Waals surface area contributed by atoms with Gasteiger partial charge in [0.2, 0.25) is 0 Å². The number of hydrogen-bond donors (Lipinski definition) is 1. The van der Waals surface area contributed by atoms with Crippen LogP contribution in [0.5, 0.6) is 0 Å². The van der Waals surface area contributed by atoms with Gasteiger partial charge in [-0.25, -0.2) is 4.98 Å². The molecule has 0 fully saturated rings. The highest BCUT2D eigenvalue weighted by atomic mass is 32.2. The molecular formula is C21H26N2OS2. The van der Waals surface area contributed by atoms with Gasteiger partial charge >= 0.3 is 0 Å². The largest absolute Gasteiger partial charge is 0.381 e. The van der Waals surface area contributed by atoms with Gasteiger partial charge in [0.25, 0.3) is 0 Å². The van der Waals surface area contributed by atoms with Gasteiger partial charge in [-0.05, 0) is 36.5 Å². The minimum atomic E-state index is -0.983. The minimum Gasteiger partial charge on any atom is -0.381 e. The van der Waals surface area contributed by atoms with Crippen LogP contribution in [0.1, 0.15) is 51.3 Å². The Bertz CT molecular complexity index is 771. The molecular weight excluding hydrogens is 360 g/mol. The molecule has 2 rings (SSSR count). The lowest BCUT2D eigenvalue weighted by molar-refractivity contribution is 0.216. The zero-order chi connectivity index (χ0) is 18.8. The van der Waals surface area contributed by atoms with E-state index in [1.165, 1.54) is 0 Å². The molecule has 0 aliphatic carbocycles. The van der Waals surface area contributed by atoms with Gasteiger partial charge in [-0.15, -0.1) is 23.5 Å². The standard InChI is InChI=1S/C21H26N2OS2/c1-3-5-13-25-21(26-14-6-4-2)17(15-22)20(24)19-12-11-16-9-7-8-10-18(16)23-19/h7-12,20,24H,3-6,13-14H2,1-2H3. The molecule has 1 heterocycles. The highest BCUT2D eigenvalue weighted by molar-refractivity contribution is 8.22. The Morgan fingerprint density at radius 1 is 1.08 bits per heavy atom. The highest BCUT2D eigenvalue weighted by Crippen LogP contribution is 2.37. The lowest BCUT2D eigenvalue weighted by atomic mass is 10.1. The van der Waals surface area contributed by atoms with Crippen molar-refractivity contribution in [2.45, 2.75) is 45.6 Å². The quantitative estimate of drug-likeness (QED) is 0.397. The van der Waals surface area contributed by atoms with Crippen LogP contribution in [0.2, 0.25) is 0 Å². The SMILES string of the molecule is CCCCSC(SCCCC)=C(C#N)C(O)c1ccc2ccccc2n1. The third kappa shape index (κ3) is 5.77. The van der Waals surface area contributed by atoms with Crippen LogP contribution in [0, 0.1) is 11.3 Å². The van der Waals surface area contributed by atoms with Gasteiger partial charge in [-0.2, -0.15) is 5.26 Å². The highest BCUT2D eigenvalue weighted by Gasteiger charge is 2.20. The maximum Gasteiger partial charge on any atom is 0.132 e. The van der Waals surface area contributed by atoms with Gasteiger partial charge in [0, 0.05) is 5.39 Å². The second kappa shape index (κ2) is 11.3. The Morgan fingerprint density at radius 3 is 2.35 bits per heavy atom. The number of rotatable bonds is 10. The molecule has 0 spiro atoms. The first-order valence-corrected chi connectivity index (χ1v) is 11.1. The summed E-state index contributed by atoms with van der Waals surface area (Å²) >= 11 is 3.38. The van der Waals surface area contributed by atoms with Crippen LogP contribution in [0.4, 0.5) is 0 Å². The topological polar surface area (TPSA) is 56.9 Å². The van der Waals surface area contributed by atoms with Gasteiger partial charge in [0.05, 0.1) is 27.1 Å². The van der Waals surface area contributed by atoms with Crippen LogP contribution in [0.25, 0.3) is 10.9 Å². The molecule has 0 saturated heterocycles. The number of hydrogen-bond acceptors (Lipinski definition) is 5. The van der Waals surface area contributed by atoms with Crippen molar-refractivity contribution in [3.8, 4) is 6.07 Å². The Morgan fingerprint density at radius 2 is 1.73 bits per heavy atom. The number of para-hydroxylation sites is 1. The van der Waals surface area contributed by atoms with Crippen molar-refractivity contribution >= 4 is 34.4 Å². The molecule has 0 saturated carbocycles. The Hall–Kier alpha value is -1.48. The van der Waals surface area contributed by atoms with E-state index in [1.807, 2.05) is 36.4 Å². The molecule has 0 aliphatic rings. The molecule has 1 aromatic carbocycles. The molecule has 0 amide bonds. The fourth-order valence-corrected chi connectivity index (χ4v) is 5.11. The van der Waals surface area contributed by atoms with Gasteiger partial charge in [0.1, 0.15) is 6.10 Å². The summed E-state index contributed by atoms with van der Waals surface area (Å²) in [7, 11) is 0. The number of benzene rings is 1. The molecule has 0 aliphatic heterocycles. The van der Waals surface area contributed by atoms with E-state index in [2.05, 4.69) is 24.9 Å². The molecule has 5 heteroatoms. The van der Waals surface area contributed by atoms with E-state index in [0.29, 0.717) is 11.3 Å². The van der Waals surface area contributed by atoms with E-state index >= 15 is 0 Å². The van der Waals surface area contributed by atoms with E-state index in [4.69, 9.17) is 0 Å². The van der Waals surface area contributed by atoms with Crippen LogP contribution >= 0.6 is 23.5 Å². The van der Waals surface area contributed by atoms with E-state index in [-0.39, 0.29) is 0 Å². The average Bonchev–Trinajstić information content (AvgIpc) is 2.68. The molecule has 3 nitrogen and oxygen atoms in total. The molecule has 1 aromatic heterocycles. The number of nitriles is 1. The van der Waals surface area contributed by atoms with Crippen molar-refractivity contribution in [3.05, 3.63) is 51.9 Å². The maximum atomic E-state index is 10.9. The lowest BCUT2D eigenvalue weighted by Crippen LogP contribution is -2.05. The number of aromatic nitrogens is 1. The van der Waals surface area contributed by atoms with E-state index < -0.39 is 6.10 Å². The third-order valence-electron chi connectivity index (χ3n) is 3.98. The van der Waals surface area contributed by atoms with Crippen LogP contribution in [0.15, 0.2) is 46.2 Å². The number of thioether (sulfide) groups is 2. The molecule has 1 unspecified atom stereocenters. The number of pyridine rings is 1. The molecule has 1 N–H and O–H groups in total. The Kier molecular flexibility index (Phi) is 9.04. The van der Waals surface area contributed by atoms with Crippen molar-refractivity contribution in [2.24, 2.45) is 0 Å². The van der Waals surface area contributed by atoms with Crippen LogP contribution < -0.4 is 0 Å². The number of aliphatic hydroxyl groups excluding tert-OH is 1. The van der Waals surface area contributed by atoms with Crippen molar-refractivity contribution in [1.29, 1.82) is 5.26 Å². The van der Waals surface area contributed by atoms with Crippen LogP contribution in [-0.4, -0.2) is 21.6 Å². The summed E-state index contributed by atoms with van der Waals surface area (Å²) in [5.74, 6) is 1.93. The normalized spacial score (nSPS) is 11.9. The second-order valence-electron chi connectivity index (χ2n) is 6.05. The van der Waals surface area contributed by atoms with Gasteiger partial charge in [-0.3, -0.25) is 0 Å².